The molecule has 0 aliphatic rings. The van der Waals surface area contributed by atoms with Crippen LogP contribution in [0.15, 0.2) is 24.3 Å². The Morgan fingerprint density at radius 3 is 2.71 bits per heavy atom. The summed E-state index contributed by atoms with van der Waals surface area (Å²) in [6.07, 6.45) is 0. The van der Waals surface area contributed by atoms with E-state index >= 15 is 0 Å². The SMILES string of the molecule is COCc1cccc(C(=O)NCC(=O)OC)c1. The largest absolute Gasteiger partial charge is 0.468 e. The van der Waals surface area contributed by atoms with Crippen LogP contribution in [-0.2, 0) is 20.9 Å². The van der Waals surface area contributed by atoms with E-state index in [0.29, 0.717) is 12.2 Å². The van der Waals surface area contributed by atoms with Crippen molar-refractivity contribution in [2.24, 2.45) is 0 Å². The van der Waals surface area contributed by atoms with E-state index in [-0.39, 0.29) is 12.5 Å². The zero-order chi connectivity index (χ0) is 12.7. The van der Waals surface area contributed by atoms with Gasteiger partial charge in [-0.2, -0.15) is 0 Å². The first-order chi connectivity index (χ1) is 8.17. The molecule has 5 heteroatoms. The molecule has 1 rings (SSSR count). The van der Waals surface area contributed by atoms with Crippen LogP contribution >= 0.6 is 0 Å². The third-order valence-corrected chi connectivity index (χ3v) is 2.12. The van der Waals surface area contributed by atoms with Gasteiger partial charge in [0.1, 0.15) is 6.54 Å². The van der Waals surface area contributed by atoms with Gasteiger partial charge < -0.3 is 14.8 Å². The Kier molecular flexibility index (Phi) is 5.16. The van der Waals surface area contributed by atoms with Gasteiger partial charge >= 0.3 is 5.97 Å². The smallest absolute Gasteiger partial charge is 0.325 e. The first kappa shape index (κ1) is 13.2. The summed E-state index contributed by atoms with van der Waals surface area (Å²) in [5.41, 5.74) is 1.39. The zero-order valence-electron chi connectivity index (χ0n) is 9.86. The number of hydrogen-bond donors (Lipinski definition) is 1. The second-order valence-electron chi connectivity index (χ2n) is 3.39. The maximum absolute atomic E-state index is 11.7. The highest BCUT2D eigenvalue weighted by Crippen LogP contribution is 2.06. The first-order valence-electron chi connectivity index (χ1n) is 5.10. The molecule has 0 heterocycles. The molecular formula is C12H15NO4. The van der Waals surface area contributed by atoms with E-state index in [1.54, 1.807) is 25.3 Å². The third kappa shape index (κ3) is 4.24. The van der Waals surface area contributed by atoms with Gasteiger partial charge in [0.25, 0.3) is 5.91 Å². The van der Waals surface area contributed by atoms with Gasteiger partial charge in [-0.1, -0.05) is 12.1 Å². The molecule has 1 aromatic carbocycles. The monoisotopic (exact) mass is 237 g/mol. The molecule has 17 heavy (non-hydrogen) atoms. The van der Waals surface area contributed by atoms with E-state index in [2.05, 4.69) is 10.1 Å². The summed E-state index contributed by atoms with van der Waals surface area (Å²) in [5, 5.41) is 2.46. The van der Waals surface area contributed by atoms with Crippen LogP contribution in [0.3, 0.4) is 0 Å². The normalized spacial score (nSPS) is 9.76. The Morgan fingerprint density at radius 1 is 1.29 bits per heavy atom. The van der Waals surface area contributed by atoms with E-state index in [1.807, 2.05) is 6.07 Å². The van der Waals surface area contributed by atoms with Crippen molar-refractivity contribution in [1.29, 1.82) is 0 Å². The summed E-state index contributed by atoms with van der Waals surface area (Å²) in [6, 6.07) is 7.02. The van der Waals surface area contributed by atoms with Crippen molar-refractivity contribution in [2.45, 2.75) is 6.61 Å². The van der Waals surface area contributed by atoms with Crippen molar-refractivity contribution < 1.29 is 19.1 Å². The number of methoxy groups -OCH3 is 2. The Morgan fingerprint density at radius 2 is 2.06 bits per heavy atom. The fourth-order valence-electron chi connectivity index (χ4n) is 1.30. The minimum absolute atomic E-state index is 0.135. The van der Waals surface area contributed by atoms with Crippen LogP contribution in [0.1, 0.15) is 15.9 Å². The number of carbonyl (C=O) groups excluding carboxylic acids is 2. The number of amides is 1. The van der Waals surface area contributed by atoms with Crippen molar-refractivity contribution in [3.63, 3.8) is 0 Å². The Balaban J connectivity index is 2.62. The summed E-state index contributed by atoms with van der Waals surface area (Å²) in [4.78, 5) is 22.5. The number of ether oxygens (including phenoxy) is 2. The van der Waals surface area contributed by atoms with Gasteiger partial charge in [-0.05, 0) is 17.7 Å². The maximum Gasteiger partial charge on any atom is 0.325 e. The number of carbonyl (C=O) groups is 2. The molecule has 0 aromatic heterocycles. The lowest BCUT2D eigenvalue weighted by atomic mass is 10.1. The molecule has 0 fully saturated rings. The average Bonchev–Trinajstić information content (AvgIpc) is 2.36. The van der Waals surface area contributed by atoms with E-state index < -0.39 is 5.97 Å². The summed E-state index contributed by atoms with van der Waals surface area (Å²) >= 11 is 0. The van der Waals surface area contributed by atoms with Crippen LogP contribution in [0.5, 0.6) is 0 Å². The summed E-state index contributed by atoms with van der Waals surface area (Å²) < 4.78 is 9.40. The van der Waals surface area contributed by atoms with Crippen molar-refractivity contribution in [3.8, 4) is 0 Å². The van der Waals surface area contributed by atoms with Crippen molar-refractivity contribution in [2.75, 3.05) is 20.8 Å². The molecule has 0 bridgehead atoms. The molecule has 0 aliphatic heterocycles. The second kappa shape index (κ2) is 6.65. The summed E-state index contributed by atoms with van der Waals surface area (Å²) in [5.74, 6) is -0.792. The predicted molar refractivity (Wildman–Crippen MR) is 61.5 cm³/mol. The number of esters is 1. The van der Waals surface area contributed by atoms with Crippen molar-refractivity contribution >= 4 is 11.9 Å². The van der Waals surface area contributed by atoms with Crippen molar-refractivity contribution in [1.82, 2.24) is 5.32 Å². The maximum atomic E-state index is 11.7. The molecule has 0 aliphatic carbocycles. The van der Waals surface area contributed by atoms with Gasteiger partial charge in [-0.25, -0.2) is 0 Å². The molecule has 0 spiro atoms. The number of benzene rings is 1. The second-order valence-corrected chi connectivity index (χ2v) is 3.39. The molecule has 1 amide bonds. The Hall–Kier alpha value is -1.88. The van der Waals surface area contributed by atoms with Gasteiger partial charge in [0, 0.05) is 12.7 Å². The zero-order valence-corrected chi connectivity index (χ0v) is 9.86. The molecule has 92 valence electrons. The molecular weight excluding hydrogens is 222 g/mol. The topological polar surface area (TPSA) is 64.6 Å². The highest BCUT2D eigenvalue weighted by atomic mass is 16.5. The highest BCUT2D eigenvalue weighted by Gasteiger charge is 2.08. The molecule has 1 N–H and O–H groups in total. The fraction of sp³-hybridized carbons (Fsp3) is 0.333. The number of nitrogens with one attached hydrogen (secondary N) is 1. The standard InChI is InChI=1S/C12H15NO4/c1-16-8-9-4-3-5-10(6-9)12(15)13-7-11(14)17-2/h3-6H,7-8H2,1-2H3,(H,13,15). The minimum Gasteiger partial charge on any atom is -0.468 e. The first-order valence-corrected chi connectivity index (χ1v) is 5.10. The summed E-state index contributed by atoms with van der Waals surface area (Å²) in [7, 11) is 2.86. The fourth-order valence-corrected chi connectivity index (χ4v) is 1.30. The Labute approximate surface area is 99.7 Å². The lowest BCUT2D eigenvalue weighted by Gasteiger charge is -2.05. The van der Waals surface area contributed by atoms with Crippen molar-refractivity contribution in [3.05, 3.63) is 35.4 Å². The average molecular weight is 237 g/mol. The molecule has 1 aromatic rings. The lowest BCUT2D eigenvalue weighted by molar-refractivity contribution is -0.139. The van der Waals surface area contributed by atoms with E-state index in [1.165, 1.54) is 7.11 Å². The highest BCUT2D eigenvalue weighted by molar-refractivity contribution is 5.96. The molecule has 0 saturated carbocycles. The molecule has 5 nitrogen and oxygen atoms in total. The quantitative estimate of drug-likeness (QED) is 0.767. The molecule has 0 saturated heterocycles. The summed E-state index contributed by atoms with van der Waals surface area (Å²) in [6.45, 7) is 0.308. The van der Waals surface area contributed by atoms with Crippen LogP contribution in [0.2, 0.25) is 0 Å². The molecule has 0 atom stereocenters. The van der Waals surface area contributed by atoms with Gasteiger partial charge in [-0.3, -0.25) is 9.59 Å². The Bertz CT molecular complexity index is 403. The van der Waals surface area contributed by atoms with Gasteiger partial charge in [0.05, 0.1) is 13.7 Å². The number of hydrogen-bond acceptors (Lipinski definition) is 4. The molecule has 0 unspecified atom stereocenters. The van der Waals surface area contributed by atoms with E-state index in [4.69, 9.17) is 4.74 Å². The lowest BCUT2D eigenvalue weighted by Crippen LogP contribution is -2.30. The van der Waals surface area contributed by atoms with E-state index in [9.17, 15) is 9.59 Å². The van der Waals surface area contributed by atoms with Crippen LogP contribution in [-0.4, -0.2) is 32.6 Å². The van der Waals surface area contributed by atoms with Crippen LogP contribution in [0, 0.1) is 0 Å². The van der Waals surface area contributed by atoms with Crippen LogP contribution in [0.4, 0.5) is 0 Å². The van der Waals surface area contributed by atoms with Crippen LogP contribution < -0.4 is 5.32 Å². The van der Waals surface area contributed by atoms with Gasteiger partial charge in [-0.15, -0.1) is 0 Å². The predicted octanol–water partition coefficient (Wildman–Crippen LogP) is 0.736. The minimum atomic E-state index is -0.480. The molecule has 0 radical (unpaired) electrons. The van der Waals surface area contributed by atoms with Gasteiger partial charge in [0.15, 0.2) is 0 Å². The van der Waals surface area contributed by atoms with Gasteiger partial charge in [0.2, 0.25) is 0 Å². The third-order valence-electron chi connectivity index (χ3n) is 2.12. The van der Waals surface area contributed by atoms with Crippen LogP contribution in [0.25, 0.3) is 0 Å². The van der Waals surface area contributed by atoms with E-state index in [0.717, 1.165) is 5.56 Å². The number of rotatable bonds is 5.